The first kappa shape index (κ1) is 12.7. The molecule has 0 aromatic carbocycles. The Bertz CT molecular complexity index is 358. The number of carbonyl (C=O) groups excluding carboxylic acids is 1. The molecule has 1 amide bonds. The minimum Gasteiger partial charge on any atom is -0.394 e. The first-order valence-electron chi connectivity index (χ1n) is 5.19. The van der Waals surface area contributed by atoms with Gasteiger partial charge in [-0.2, -0.15) is 5.10 Å². The standard InChI is InChI=1S/C10H17N3O3/c1-3-13-9(4-7(2)12-13)10(16)11-8(5-14)6-15/h4,8,14-15H,3,5-6H2,1-2H3,(H,11,16). The number of nitrogens with zero attached hydrogens (tertiary/aromatic N) is 2. The molecule has 0 aliphatic rings. The third-order valence-corrected chi connectivity index (χ3v) is 2.21. The Kier molecular flexibility index (Phi) is 4.45. The normalized spacial score (nSPS) is 10.8. The zero-order valence-corrected chi connectivity index (χ0v) is 9.47. The van der Waals surface area contributed by atoms with Crippen LogP contribution >= 0.6 is 0 Å². The molecule has 3 N–H and O–H groups in total. The highest BCUT2D eigenvalue weighted by Crippen LogP contribution is 2.03. The van der Waals surface area contributed by atoms with E-state index in [-0.39, 0.29) is 19.1 Å². The Hall–Kier alpha value is -1.40. The van der Waals surface area contributed by atoms with Crippen LogP contribution in [-0.4, -0.2) is 45.2 Å². The summed E-state index contributed by atoms with van der Waals surface area (Å²) < 4.78 is 1.58. The molecule has 16 heavy (non-hydrogen) atoms. The van der Waals surface area contributed by atoms with E-state index in [2.05, 4.69) is 10.4 Å². The molecule has 1 heterocycles. The molecule has 1 aromatic heterocycles. The van der Waals surface area contributed by atoms with Crippen molar-refractivity contribution in [1.29, 1.82) is 0 Å². The van der Waals surface area contributed by atoms with Gasteiger partial charge in [0.25, 0.3) is 5.91 Å². The summed E-state index contributed by atoms with van der Waals surface area (Å²) in [7, 11) is 0. The zero-order chi connectivity index (χ0) is 12.1. The van der Waals surface area contributed by atoms with Crippen molar-refractivity contribution in [2.75, 3.05) is 13.2 Å². The fraction of sp³-hybridized carbons (Fsp3) is 0.600. The fourth-order valence-corrected chi connectivity index (χ4v) is 1.38. The maximum atomic E-state index is 11.8. The van der Waals surface area contributed by atoms with Crippen molar-refractivity contribution in [2.24, 2.45) is 0 Å². The predicted molar refractivity (Wildman–Crippen MR) is 58.1 cm³/mol. The van der Waals surface area contributed by atoms with E-state index in [4.69, 9.17) is 10.2 Å². The summed E-state index contributed by atoms with van der Waals surface area (Å²) in [5.74, 6) is -0.337. The number of aryl methyl sites for hydroxylation is 2. The lowest BCUT2D eigenvalue weighted by Crippen LogP contribution is -2.40. The van der Waals surface area contributed by atoms with Gasteiger partial charge in [-0.05, 0) is 19.9 Å². The minimum absolute atomic E-state index is 0.290. The van der Waals surface area contributed by atoms with Crippen LogP contribution in [0.2, 0.25) is 0 Å². The van der Waals surface area contributed by atoms with Crippen LogP contribution in [0.5, 0.6) is 0 Å². The average molecular weight is 227 g/mol. The van der Waals surface area contributed by atoms with Crippen LogP contribution in [0, 0.1) is 6.92 Å². The molecule has 6 heteroatoms. The quantitative estimate of drug-likeness (QED) is 0.620. The van der Waals surface area contributed by atoms with E-state index in [9.17, 15) is 4.79 Å². The Morgan fingerprint density at radius 3 is 2.69 bits per heavy atom. The molecule has 0 radical (unpaired) electrons. The predicted octanol–water partition coefficient (Wildman–Crippen LogP) is -0.706. The molecule has 0 saturated heterocycles. The van der Waals surface area contributed by atoms with Crippen LogP contribution in [0.1, 0.15) is 23.1 Å². The maximum absolute atomic E-state index is 11.8. The van der Waals surface area contributed by atoms with Crippen molar-refractivity contribution in [2.45, 2.75) is 26.4 Å². The Labute approximate surface area is 93.9 Å². The van der Waals surface area contributed by atoms with Gasteiger partial charge in [0.05, 0.1) is 24.9 Å². The third-order valence-electron chi connectivity index (χ3n) is 2.21. The number of aliphatic hydroxyl groups is 2. The highest BCUT2D eigenvalue weighted by molar-refractivity contribution is 5.92. The summed E-state index contributed by atoms with van der Waals surface area (Å²) in [5, 5.41) is 24.4. The minimum atomic E-state index is -0.631. The summed E-state index contributed by atoms with van der Waals surface area (Å²) in [6, 6.07) is 1.04. The smallest absolute Gasteiger partial charge is 0.269 e. The molecule has 0 saturated carbocycles. The second kappa shape index (κ2) is 5.62. The summed E-state index contributed by atoms with van der Waals surface area (Å²) in [4.78, 5) is 11.8. The molecule has 0 atom stereocenters. The number of hydrogen-bond acceptors (Lipinski definition) is 4. The molecule has 0 aliphatic carbocycles. The van der Waals surface area contributed by atoms with Crippen molar-refractivity contribution in [1.82, 2.24) is 15.1 Å². The molecule has 90 valence electrons. The molecule has 1 aromatic rings. The van der Waals surface area contributed by atoms with Gasteiger partial charge in [0.15, 0.2) is 0 Å². The number of aliphatic hydroxyl groups excluding tert-OH is 2. The molecule has 0 unspecified atom stereocenters. The number of carbonyl (C=O) groups is 1. The summed E-state index contributed by atoms with van der Waals surface area (Å²) >= 11 is 0. The van der Waals surface area contributed by atoms with Crippen molar-refractivity contribution < 1.29 is 15.0 Å². The summed E-state index contributed by atoms with van der Waals surface area (Å²) in [5.41, 5.74) is 1.20. The molecular formula is C10H17N3O3. The van der Waals surface area contributed by atoms with E-state index in [0.717, 1.165) is 5.69 Å². The fourth-order valence-electron chi connectivity index (χ4n) is 1.38. The molecule has 1 rings (SSSR count). The number of rotatable bonds is 5. The van der Waals surface area contributed by atoms with Crippen LogP contribution in [-0.2, 0) is 6.54 Å². The van der Waals surface area contributed by atoms with E-state index >= 15 is 0 Å². The molecule has 0 bridgehead atoms. The summed E-state index contributed by atoms with van der Waals surface area (Å²) in [6.07, 6.45) is 0. The first-order chi connectivity index (χ1) is 7.62. The van der Waals surface area contributed by atoms with Gasteiger partial charge in [0.1, 0.15) is 5.69 Å². The summed E-state index contributed by atoms with van der Waals surface area (Å²) in [6.45, 7) is 3.71. The van der Waals surface area contributed by atoms with Crippen molar-refractivity contribution in [3.05, 3.63) is 17.5 Å². The van der Waals surface area contributed by atoms with E-state index < -0.39 is 6.04 Å². The van der Waals surface area contributed by atoms with E-state index in [1.165, 1.54) is 0 Å². The lowest BCUT2D eigenvalue weighted by molar-refractivity contribution is 0.0869. The molecular weight excluding hydrogens is 210 g/mol. The SMILES string of the molecule is CCn1nc(C)cc1C(=O)NC(CO)CO. The van der Waals surface area contributed by atoms with Crippen molar-refractivity contribution in [3.8, 4) is 0 Å². The van der Waals surface area contributed by atoms with Crippen LogP contribution in [0.4, 0.5) is 0 Å². The molecule has 0 fully saturated rings. The van der Waals surface area contributed by atoms with E-state index in [0.29, 0.717) is 12.2 Å². The second-order valence-electron chi connectivity index (χ2n) is 3.52. The topological polar surface area (TPSA) is 87.4 Å². The van der Waals surface area contributed by atoms with Gasteiger partial charge in [-0.25, -0.2) is 0 Å². The number of hydrogen-bond donors (Lipinski definition) is 3. The van der Waals surface area contributed by atoms with Gasteiger partial charge in [0, 0.05) is 6.54 Å². The van der Waals surface area contributed by atoms with Crippen LogP contribution in [0.15, 0.2) is 6.07 Å². The van der Waals surface area contributed by atoms with Gasteiger partial charge in [-0.1, -0.05) is 0 Å². The maximum Gasteiger partial charge on any atom is 0.269 e. The van der Waals surface area contributed by atoms with Gasteiger partial charge in [0.2, 0.25) is 0 Å². The number of aromatic nitrogens is 2. The third kappa shape index (κ3) is 2.80. The Balaban J connectivity index is 2.79. The lowest BCUT2D eigenvalue weighted by Gasteiger charge is -2.13. The van der Waals surface area contributed by atoms with Crippen LogP contribution in [0.3, 0.4) is 0 Å². The van der Waals surface area contributed by atoms with E-state index in [1.54, 1.807) is 17.7 Å². The second-order valence-corrected chi connectivity index (χ2v) is 3.52. The zero-order valence-electron chi connectivity index (χ0n) is 9.47. The Morgan fingerprint density at radius 1 is 1.56 bits per heavy atom. The monoisotopic (exact) mass is 227 g/mol. The number of nitrogens with one attached hydrogen (secondary N) is 1. The molecule has 0 aliphatic heterocycles. The molecule has 6 nitrogen and oxygen atoms in total. The van der Waals surface area contributed by atoms with Crippen molar-refractivity contribution >= 4 is 5.91 Å². The van der Waals surface area contributed by atoms with Gasteiger partial charge >= 0.3 is 0 Å². The largest absolute Gasteiger partial charge is 0.394 e. The molecule has 0 spiro atoms. The van der Waals surface area contributed by atoms with Gasteiger partial charge < -0.3 is 15.5 Å². The number of amides is 1. The van der Waals surface area contributed by atoms with Gasteiger partial charge in [-0.3, -0.25) is 9.48 Å². The van der Waals surface area contributed by atoms with E-state index in [1.807, 2.05) is 6.92 Å². The van der Waals surface area contributed by atoms with Crippen molar-refractivity contribution in [3.63, 3.8) is 0 Å². The Morgan fingerprint density at radius 2 is 2.19 bits per heavy atom. The van der Waals surface area contributed by atoms with Gasteiger partial charge in [-0.15, -0.1) is 0 Å². The van der Waals surface area contributed by atoms with Crippen LogP contribution < -0.4 is 5.32 Å². The van der Waals surface area contributed by atoms with Crippen LogP contribution in [0.25, 0.3) is 0 Å². The lowest BCUT2D eigenvalue weighted by atomic mass is 10.3. The first-order valence-corrected chi connectivity index (χ1v) is 5.19. The highest BCUT2D eigenvalue weighted by Gasteiger charge is 2.16. The highest BCUT2D eigenvalue weighted by atomic mass is 16.3. The average Bonchev–Trinajstić information content (AvgIpc) is 2.67.